The molecule has 0 aliphatic rings. The van der Waals surface area contributed by atoms with Crippen LogP contribution in [0.5, 0.6) is 0 Å². The predicted molar refractivity (Wildman–Crippen MR) is 115 cm³/mol. The first-order valence-corrected chi connectivity index (χ1v) is 14.5. The molecule has 0 fully saturated rings. The van der Waals surface area contributed by atoms with Crippen molar-refractivity contribution in [1.82, 2.24) is 0 Å². The second kappa shape index (κ2) is 16.6. The first kappa shape index (κ1) is 25.4. The van der Waals surface area contributed by atoms with E-state index in [1.807, 2.05) is 0 Å². The van der Waals surface area contributed by atoms with Gasteiger partial charge in [0.2, 0.25) is 0 Å². The fourth-order valence-electron chi connectivity index (χ4n) is 2.73. The Morgan fingerprint density at radius 1 is 0.962 bits per heavy atom. The Kier molecular flexibility index (Phi) is 16.2. The van der Waals surface area contributed by atoms with E-state index >= 15 is 0 Å². The highest BCUT2D eigenvalue weighted by molar-refractivity contribution is 6.76. The second-order valence-electron chi connectivity index (χ2n) is 8.74. The van der Waals surface area contributed by atoms with Gasteiger partial charge in [-0.1, -0.05) is 83.7 Å². The van der Waals surface area contributed by atoms with Gasteiger partial charge in [-0.05, 0) is 32.1 Å². The first-order valence-electron chi connectivity index (χ1n) is 10.8. The van der Waals surface area contributed by atoms with Crippen LogP contribution >= 0.6 is 0 Å². The molecule has 0 aliphatic carbocycles. The molecule has 3 nitrogen and oxygen atoms in total. The SMILES string of the molecule is CCCCCC[C@@H](O)CC=CCCCCCCCC(=O)OC[Si](C)(C)C. The van der Waals surface area contributed by atoms with Gasteiger partial charge in [-0.3, -0.25) is 4.79 Å². The van der Waals surface area contributed by atoms with Crippen molar-refractivity contribution in [3.63, 3.8) is 0 Å². The highest BCUT2D eigenvalue weighted by Gasteiger charge is 2.15. The Bertz CT molecular complexity index is 361. The summed E-state index contributed by atoms with van der Waals surface area (Å²) in [6, 6.07) is 0. The maximum absolute atomic E-state index is 11.6. The monoisotopic (exact) mass is 384 g/mol. The molecule has 154 valence electrons. The van der Waals surface area contributed by atoms with E-state index in [2.05, 4.69) is 38.7 Å². The van der Waals surface area contributed by atoms with Gasteiger partial charge in [-0.2, -0.15) is 0 Å². The molecular formula is C22H44O3Si. The van der Waals surface area contributed by atoms with Crippen LogP contribution in [0.3, 0.4) is 0 Å². The molecule has 4 heteroatoms. The third-order valence-corrected chi connectivity index (χ3v) is 5.39. The molecule has 0 bridgehead atoms. The number of aliphatic hydroxyl groups excluding tert-OH is 1. The van der Waals surface area contributed by atoms with E-state index in [-0.39, 0.29) is 12.1 Å². The minimum atomic E-state index is -1.28. The zero-order chi connectivity index (χ0) is 19.7. The van der Waals surface area contributed by atoms with Gasteiger partial charge >= 0.3 is 5.97 Å². The summed E-state index contributed by atoms with van der Waals surface area (Å²) in [5.74, 6) is -0.0244. The molecular weight excluding hydrogens is 340 g/mol. The van der Waals surface area contributed by atoms with Crippen molar-refractivity contribution in [3.05, 3.63) is 12.2 Å². The zero-order valence-electron chi connectivity index (χ0n) is 17.9. The molecule has 26 heavy (non-hydrogen) atoms. The van der Waals surface area contributed by atoms with Crippen LogP contribution in [-0.4, -0.2) is 31.5 Å². The van der Waals surface area contributed by atoms with Gasteiger partial charge in [0.25, 0.3) is 0 Å². The van der Waals surface area contributed by atoms with E-state index in [0.717, 1.165) is 38.5 Å². The molecule has 0 rings (SSSR count). The Morgan fingerprint density at radius 3 is 2.31 bits per heavy atom. The number of hydrogen-bond acceptors (Lipinski definition) is 3. The molecule has 0 radical (unpaired) electrons. The number of allylic oxidation sites excluding steroid dienone is 1. The smallest absolute Gasteiger partial charge is 0.305 e. The van der Waals surface area contributed by atoms with E-state index in [0.29, 0.717) is 12.7 Å². The van der Waals surface area contributed by atoms with Crippen LogP contribution in [0, 0.1) is 0 Å². The fraction of sp³-hybridized carbons (Fsp3) is 0.864. The van der Waals surface area contributed by atoms with Gasteiger partial charge in [-0.15, -0.1) is 0 Å². The van der Waals surface area contributed by atoms with Crippen LogP contribution < -0.4 is 0 Å². The summed E-state index contributed by atoms with van der Waals surface area (Å²) in [5.41, 5.74) is 0. The van der Waals surface area contributed by atoms with Crippen LogP contribution in [0.25, 0.3) is 0 Å². The van der Waals surface area contributed by atoms with Gasteiger partial charge in [-0.25, -0.2) is 0 Å². The van der Waals surface area contributed by atoms with Crippen LogP contribution in [0.15, 0.2) is 12.2 Å². The summed E-state index contributed by atoms with van der Waals surface area (Å²) in [5, 5.41) is 9.89. The maximum Gasteiger partial charge on any atom is 0.305 e. The van der Waals surface area contributed by atoms with Crippen LogP contribution in [0.2, 0.25) is 19.6 Å². The maximum atomic E-state index is 11.6. The molecule has 0 spiro atoms. The number of rotatable bonds is 17. The van der Waals surface area contributed by atoms with E-state index in [1.165, 1.54) is 38.5 Å². The Hall–Kier alpha value is -0.613. The summed E-state index contributed by atoms with van der Waals surface area (Å²) >= 11 is 0. The quantitative estimate of drug-likeness (QED) is 0.136. The van der Waals surface area contributed by atoms with E-state index < -0.39 is 8.07 Å². The molecule has 1 atom stereocenters. The lowest BCUT2D eigenvalue weighted by atomic mass is 10.1. The number of aliphatic hydroxyl groups is 1. The molecule has 0 aliphatic heterocycles. The van der Waals surface area contributed by atoms with Gasteiger partial charge < -0.3 is 9.84 Å². The number of hydrogen-bond donors (Lipinski definition) is 1. The summed E-state index contributed by atoms with van der Waals surface area (Å²) in [6.45, 7) is 8.84. The fourth-order valence-corrected chi connectivity index (χ4v) is 3.32. The molecule has 0 aromatic rings. The number of carbonyl (C=O) groups excluding carboxylic acids is 1. The molecule has 0 saturated heterocycles. The largest absolute Gasteiger partial charge is 0.469 e. The van der Waals surface area contributed by atoms with Gasteiger partial charge in [0.05, 0.1) is 20.4 Å². The Labute approximate surface area is 163 Å². The summed E-state index contributed by atoms with van der Waals surface area (Å²) in [7, 11) is -1.28. The first-order chi connectivity index (χ1) is 12.3. The summed E-state index contributed by atoms with van der Waals surface area (Å²) < 4.78 is 5.33. The molecule has 0 aromatic heterocycles. The predicted octanol–water partition coefficient (Wildman–Crippen LogP) is 6.42. The standard InChI is InChI=1S/C22H44O3Si/c1-5-6-7-14-17-21(23)18-15-12-10-8-9-11-13-16-19-22(24)25-20-26(2,3)4/h12,15,21,23H,5-11,13-14,16-20H2,1-4H3/t21-/m1/s1. The second-order valence-corrected chi connectivity index (χ2v) is 14.1. The van der Waals surface area contributed by atoms with Gasteiger partial charge in [0.15, 0.2) is 0 Å². The van der Waals surface area contributed by atoms with Crippen molar-refractivity contribution in [3.8, 4) is 0 Å². The van der Waals surface area contributed by atoms with Crippen molar-refractivity contribution < 1.29 is 14.6 Å². The minimum Gasteiger partial charge on any atom is -0.469 e. The van der Waals surface area contributed by atoms with Crippen molar-refractivity contribution in [2.45, 2.75) is 116 Å². The number of ether oxygens (including phenoxy) is 1. The lowest BCUT2D eigenvalue weighted by Crippen LogP contribution is -2.29. The average molecular weight is 385 g/mol. The Morgan fingerprint density at radius 2 is 1.62 bits per heavy atom. The number of unbranched alkanes of at least 4 members (excludes halogenated alkanes) is 8. The third-order valence-electron chi connectivity index (χ3n) is 4.38. The minimum absolute atomic E-state index is 0.0244. The molecule has 0 heterocycles. The van der Waals surface area contributed by atoms with Crippen LogP contribution in [0.4, 0.5) is 0 Å². The third kappa shape index (κ3) is 19.7. The average Bonchev–Trinajstić information content (AvgIpc) is 2.58. The van der Waals surface area contributed by atoms with Crippen molar-refractivity contribution >= 4 is 14.0 Å². The number of carbonyl (C=O) groups is 1. The molecule has 0 unspecified atom stereocenters. The van der Waals surface area contributed by atoms with E-state index in [9.17, 15) is 9.90 Å². The highest BCUT2D eigenvalue weighted by atomic mass is 28.3. The van der Waals surface area contributed by atoms with E-state index in [4.69, 9.17) is 4.74 Å². The molecule has 0 aromatic carbocycles. The van der Waals surface area contributed by atoms with Crippen LogP contribution in [0.1, 0.15) is 90.4 Å². The van der Waals surface area contributed by atoms with Gasteiger partial charge in [0, 0.05) is 6.42 Å². The summed E-state index contributed by atoms with van der Waals surface area (Å²) in [6.07, 6.45) is 18.8. The van der Waals surface area contributed by atoms with Crippen molar-refractivity contribution in [2.24, 2.45) is 0 Å². The molecule has 0 saturated carbocycles. The highest BCUT2D eigenvalue weighted by Crippen LogP contribution is 2.11. The zero-order valence-corrected chi connectivity index (χ0v) is 18.9. The molecule has 1 N–H and O–H groups in total. The van der Waals surface area contributed by atoms with Crippen molar-refractivity contribution in [1.29, 1.82) is 0 Å². The van der Waals surface area contributed by atoms with Crippen LogP contribution in [-0.2, 0) is 9.53 Å². The topological polar surface area (TPSA) is 46.5 Å². The Balaban J connectivity index is 3.38. The van der Waals surface area contributed by atoms with Crippen molar-refractivity contribution in [2.75, 3.05) is 6.23 Å². The molecule has 0 amide bonds. The van der Waals surface area contributed by atoms with Gasteiger partial charge in [0.1, 0.15) is 0 Å². The normalized spacial score (nSPS) is 13.3. The number of esters is 1. The summed E-state index contributed by atoms with van der Waals surface area (Å²) in [4.78, 5) is 11.6. The van der Waals surface area contributed by atoms with E-state index in [1.54, 1.807) is 0 Å². The lowest BCUT2D eigenvalue weighted by molar-refractivity contribution is -0.142. The lowest BCUT2D eigenvalue weighted by Gasteiger charge is -2.15.